The average Bonchev–Trinajstić information content (AvgIpc) is 4.01. The molecule has 8 bridgehead atoms. The highest BCUT2D eigenvalue weighted by atomic mass is 32.1. The van der Waals surface area contributed by atoms with Gasteiger partial charge in [-0.05, 0) is 168 Å². The van der Waals surface area contributed by atoms with E-state index in [1.54, 1.807) is 0 Å². The first-order valence-corrected chi connectivity index (χ1v) is 25.2. The van der Waals surface area contributed by atoms with Gasteiger partial charge in [0.2, 0.25) is 0 Å². The third kappa shape index (κ3) is 7.74. The molecule has 264 valence electrons. The molecule has 52 heavy (non-hydrogen) atoms. The third-order valence-corrected chi connectivity index (χ3v) is 19.4. The van der Waals surface area contributed by atoms with Gasteiger partial charge >= 0.3 is 0 Å². The molecule has 9 rings (SSSR count). The van der Waals surface area contributed by atoms with Crippen molar-refractivity contribution in [1.29, 1.82) is 0 Å². The molecule has 0 fully saturated rings. The number of aryl methyl sites for hydroxylation is 4. The van der Waals surface area contributed by atoms with Gasteiger partial charge in [0, 0.05) is 58.5 Å². The SMILES string of the molecule is c1cc2c(s1)-c1ccc(s1)-c1ccc(s1)-c1sccc1CCCCCCc1ccsc1-c1ccc(s1)-c1ccc(s1)-c1sccc1CCCCCC2. The monoisotopic (exact) mass is 824 g/mol. The van der Waals surface area contributed by atoms with Crippen LogP contribution in [0.5, 0.6) is 0 Å². The molecule has 8 aromatic heterocycles. The zero-order valence-corrected chi connectivity index (χ0v) is 35.5. The van der Waals surface area contributed by atoms with Crippen molar-refractivity contribution in [2.75, 3.05) is 0 Å². The minimum absolute atomic E-state index is 1.18. The van der Waals surface area contributed by atoms with Gasteiger partial charge in [0.1, 0.15) is 0 Å². The number of thiophene rings is 8. The topological polar surface area (TPSA) is 0 Å². The summed E-state index contributed by atoms with van der Waals surface area (Å²) < 4.78 is 0. The van der Waals surface area contributed by atoms with Crippen molar-refractivity contribution < 1.29 is 0 Å². The Hall–Kier alpha value is -2.40. The molecule has 0 radical (unpaired) electrons. The Morgan fingerprint density at radius 1 is 0.250 bits per heavy atom. The van der Waals surface area contributed by atoms with E-state index in [-0.39, 0.29) is 0 Å². The Balaban J connectivity index is 0.935. The van der Waals surface area contributed by atoms with Gasteiger partial charge < -0.3 is 0 Å². The van der Waals surface area contributed by atoms with E-state index in [1.807, 2.05) is 90.7 Å². The second-order valence-electron chi connectivity index (χ2n) is 13.6. The van der Waals surface area contributed by atoms with Gasteiger partial charge in [0.25, 0.3) is 0 Å². The molecule has 0 nitrogen and oxygen atoms in total. The minimum atomic E-state index is 1.18. The van der Waals surface area contributed by atoms with Crippen molar-refractivity contribution in [3.8, 4) is 58.5 Å². The van der Waals surface area contributed by atoms with E-state index < -0.39 is 0 Å². The summed E-state index contributed by atoms with van der Waals surface area (Å²) in [6, 6.07) is 28.3. The van der Waals surface area contributed by atoms with Gasteiger partial charge in [-0.2, -0.15) is 0 Å². The van der Waals surface area contributed by atoms with Gasteiger partial charge in [0.05, 0.1) is 0 Å². The van der Waals surface area contributed by atoms with E-state index in [0.29, 0.717) is 0 Å². The van der Waals surface area contributed by atoms with Gasteiger partial charge in [-0.3, -0.25) is 0 Å². The van der Waals surface area contributed by atoms with Crippen molar-refractivity contribution in [1.82, 2.24) is 0 Å². The summed E-state index contributed by atoms with van der Waals surface area (Å²) in [7, 11) is 0. The lowest BCUT2D eigenvalue weighted by molar-refractivity contribution is 0.642. The van der Waals surface area contributed by atoms with E-state index in [0.717, 1.165) is 0 Å². The van der Waals surface area contributed by atoms with Crippen LogP contribution < -0.4 is 0 Å². The number of hydrogen-bond donors (Lipinski definition) is 0. The van der Waals surface area contributed by atoms with Crippen LogP contribution >= 0.6 is 90.7 Å². The normalized spacial score (nSPS) is 14.8. The summed E-state index contributed by atoms with van der Waals surface area (Å²) in [6.45, 7) is 0. The maximum absolute atomic E-state index is 2.37. The maximum atomic E-state index is 2.37. The van der Waals surface area contributed by atoms with E-state index in [9.17, 15) is 0 Å². The zero-order valence-electron chi connectivity index (χ0n) is 29.0. The summed E-state index contributed by atoms with van der Waals surface area (Å²) in [5, 5.41) is 9.18. The summed E-state index contributed by atoms with van der Waals surface area (Å²) in [6.07, 6.45) is 14.9. The van der Waals surface area contributed by atoms with Crippen LogP contribution in [0.3, 0.4) is 0 Å². The summed E-state index contributed by atoms with van der Waals surface area (Å²) >= 11 is 15.5. The second-order valence-corrected chi connectivity index (χ2v) is 21.6. The van der Waals surface area contributed by atoms with Crippen molar-refractivity contribution in [2.45, 2.75) is 77.0 Å². The summed E-state index contributed by atoms with van der Waals surface area (Å²) in [5.74, 6) is 0. The molecule has 0 unspecified atom stereocenters. The first-order chi connectivity index (χ1) is 25.8. The fraction of sp³-hybridized carbons (Fsp3) is 0.273. The highest BCUT2D eigenvalue weighted by molar-refractivity contribution is 7.29. The van der Waals surface area contributed by atoms with Crippen LogP contribution in [0.15, 0.2) is 94.3 Å². The van der Waals surface area contributed by atoms with Crippen LogP contribution in [0, 0.1) is 0 Å². The molecule has 0 aromatic carbocycles. The van der Waals surface area contributed by atoms with Crippen molar-refractivity contribution in [3.63, 3.8) is 0 Å². The molecule has 0 amide bonds. The molecule has 1 aliphatic heterocycles. The number of rotatable bonds is 0. The van der Waals surface area contributed by atoms with E-state index in [1.165, 1.54) is 158 Å². The smallest absolute Gasteiger partial charge is 0.0474 e. The first kappa shape index (κ1) is 35.3. The van der Waals surface area contributed by atoms with Gasteiger partial charge in [-0.15, -0.1) is 90.7 Å². The molecular formula is C44H40S8. The minimum Gasteiger partial charge on any atom is -0.143 e. The Morgan fingerprint density at radius 3 is 0.731 bits per heavy atom. The molecule has 0 aliphatic carbocycles. The molecule has 8 heteroatoms. The highest BCUT2D eigenvalue weighted by Crippen LogP contribution is 2.46. The average molecular weight is 825 g/mol. The Morgan fingerprint density at radius 2 is 0.481 bits per heavy atom. The van der Waals surface area contributed by atoms with Crippen LogP contribution in [-0.2, 0) is 25.7 Å². The van der Waals surface area contributed by atoms with Gasteiger partial charge in [-0.1, -0.05) is 25.7 Å². The predicted molar refractivity (Wildman–Crippen MR) is 240 cm³/mol. The zero-order chi connectivity index (χ0) is 34.7. The van der Waals surface area contributed by atoms with E-state index in [4.69, 9.17) is 0 Å². The lowest BCUT2D eigenvalue weighted by Crippen LogP contribution is -1.88. The fourth-order valence-corrected chi connectivity index (χ4v) is 16.0. The van der Waals surface area contributed by atoms with Crippen LogP contribution in [0.2, 0.25) is 0 Å². The summed E-state index contributed by atoms with van der Waals surface area (Å²) in [5.41, 5.74) is 6.12. The van der Waals surface area contributed by atoms with E-state index in [2.05, 4.69) is 94.3 Å². The van der Waals surface area contributed by atoms with Gasteiger partial charge in [0.15, 0.2) is 0 Å². The predicted octanol–water partition coefficient (Wildman–Crippen LogP) is 17.2. The van der Waals surface area contributed by atoms with Gasteiger partial charge in [-0.25, -0.2) is 0 Å². The molecule has 0 saturated heterocycles. The van der Waals surface area contributed by atoms with Crippen molar-refractivity contribution in [2.24, 2.45) is 0 Å². The molecule has 0 N–H and O–H groups in total. The van der Waals surface area contributed by atoms with Crippen molar-refractivity contribution >= 4 is 90.7 Å². The molecule has 0 atom stereocenters. The lowest BCUT2D eigenvalue weighted by atomic mass is 10.0. The Labute approximate surface area is 339 Å². The first-order valence-electron chi connectivity index (χ1n) is 18.4. The summed E-state index contributed by atoms with van der Waals surface area (Å²) in [4.78, 5) is 17.2. The van der Waals surface area contributed by atoms with E-state index >= 15 is 0 Å². The quantitative estimate of drug-likeness (QED) is 0.143. The standard InChI is InChI=1S/C44H40S8/c1-2-6-10-30-22-26-46-42(30)38-18-14-35(50-38)36-16-20-40(52-36)44-32(24-28-48-44)12-8-4-3-7-11-31-23-27-47-43(31)39-19-15-34(51-39)33-13-17-37(49-33)41-29(9-5-1)21-25-45-41/h13-28H,1-12H2. The van der Waals surface area contributed by atoms with Crippen molar-refractivity contribution in [3.05, 3.63) is 117 Å². The van der Waals surface area contributed by atoms with Crippen LogP contribution in [-0.4, -0.2) is 0 Å². The van der Waals surface area contributed by atoms with Crippen LogP contribution in [0.1, 0.15) is 73.6 Å². The Bertz CT molecular complexity index is 2020. The van der Waals surface area contributed by atoms with Crippen LogP contribution in [0.4, 0.5) is 0 Å². The molecular weight excluding hydrogens is 785 g/mol. The maximum Gasteiger partial charge on any atom is 0.0474 e. The molecule has 1 aliphatic rings. The second kappa shape index (κ2) is 16.5. The lowest BCUT2D eigenvalue weighted by Gasteiger charge is -2.05. The molecule has 0 saturated carbocycles. The third-order valence-electron chi connectivity index (χ3n) is 10.1. The number of hydrogen-bond acceptors (Lipinski definition) is 8. The largest absolute Gasteiger partial charge is 0.143 e. The Kier molecular flexibility index (Phi) is 11.2. The highest BCUT2D eigenvalue weighted by Gasteiger charge is 2.17. The molecule has 8 aromatic rings. The molecule has 9 heterocycles. The number of fused-ring (bicyclic) bond motifs is 18. The molecule has 0 spiro atoms. The fourth-order valence-electron chi connectivity index (χ4n) is 7.33. The van der Waals surface area contributed by atoms with Crippen LogP contribution in [0.25, 0.3) is 58.5 Å².